The molecule has 0 aliphatic rings. The minimum Gasteiger partial charge on any atom is -0.488 e. The predicted molar refractivity (Wildman–Crippen MR) is 90.0 cm³/mol. The molecule has 0 aliphatic carbocycles. The van der Waals surface area contributed by atoms with Gasteiger partial charge in [-0.2, -0.15) is 5.26 Å². The van der Waals surface area contributed by atoms with Crippen LogP contribution in [0.25, 0.3) is 0 Å². The molecule has 2 aromatic rings. The molecule has 22 heavy (non-hydrogen) atoms. The zero-order valence-corrected chi connectivity index (χ0v) is 14.2. The minimum absolute atomic E-state index is 0.475. The predicted octanol–water partition coefficient (Wildman–Crippen LogP) is 4.68. The molecule has 0 bridgehead atoms. The highest BCUT2D eigenvalue weighted by atomic mass is 28.4. The third-order valence-electron chi connectivity index (χ3n) is 3.03. The summed E-state index contributed by atoms with van der Waals surface area (Å²) in [6.07, 6.45) is -0.585. The normalized spacial score (nSPS) is 12.5. The summed E-state index contributed by atoms with van der Waals surface area (Å²) in [5.41, 5.74) is 1.89. The van der Waals surface area contributed by atoms with Gasteiger partial charge in [0.25, 0.3) is 0 Å². The maximum absolute atomic E-state index is 9.44. The van der Waals surface area contributed by atoms with E-state index in [0.29, 0.717) is 12.4 Å². The Bertz CT molecular complexity index is 644. The van der Waals surface area contributed by atoms with Crippen LogP contribution in [0.1, 0.15) is 17.2 Å². The second-order valence-electron chi connectivity index (χ2n) is 6.05. The number of benzene rings is 2. The summed E-state index contributed by atoms with van der Waals surface area (Å²) in [5.74, 6) is 0.705. The third kappa shape index (κ3) is 4.73. The van der Waals surface area contributed by atoms with Crippen LogP contribution < -0.4 is 4.74 Å². The number of para-hydroxylation sites is 1. The largest absolute Gasteiger partial charge is 0.488 e. The van der Waals surface area contributed by atoms with E-state index < -0.39 is 14.4 Å². The lowest BCUT2D eigenvalue weighted by Crippen LogP contribution is -2.27. The topological polar surface area (TPSA) is 42.2 Å². The molecule has 0 aromatic heterocycles. The van der Waals surface area contributed by atoms with Crippen molar-refractivity contribution in [1.82, 2.24) is 0 Å². The van der Waals surface area contributed by atoms with Crippen LogP contribution in [0, 0.1) is 11.3 Å². The van der Waals surface area contributed by atoms with Gasteiger partial charge in [0.05, 0.1) is 6.07 Å². The van der Waals surface area contributed by atoms with Crippen LogP contribution in [0.5, 0.6) is 5.75 Å². The number of nitriles is 1. The highest BCUT2D eigenvalue weighted by Gasteiger charge is 2.24. The molecular formula is C18H21NO2Si. The van der Waals surface area contributed by atoms with Gasteiger partial charge in [0.15, 0.2) is 14.4 Å². The number of hydrogen-bond acceptors (Lipinski definition) is 3. The van der Waals surface area contributed by atoms with Crippen LogP contribution in [-0.4, -0.2) is 8.32 Å². The fraction of sp³-hybridized carbons (Fsp3) is 0.278. The Morgan fingerprint density at radius 1 is 1.00 bits per heavy atom. The van der Waals surface area contributed by atoms with Crippen molar-refractivity contribution in [2.24, 2.45) is 0 Å². The lowest BCUT2D eigenvalue weighted by atomic mass is 10.1. The van der Waals surface area contributed by atoms with E-state index in [-0.39, 0.29) is 0 Å². The van der Waals surface area contributed by atoms with Crippen LogP contribution in [0.4, 0.5) is 0 Å². The molecule has 0 spiro atoms. The fourth-order valence-corrected chi connectivity index (χ4v) is 2.96. The lowest BCUT2D eigenvalue weighted by molar-refractivity contribution is 0.239. The number of hydrogen-bond donors (Lipinski definition) is 0. The summed E-state index contributed by atoms with van der Waals surface area (Å²) in [7, 11) is -1.81. The lowest BCUT2D eigenvalue weighted by Gasteiger charge is -2.23. The molecule has 1 atom stereocenters. The van der Waals surface area contributed by atoms with E-state index in [2.05, 4.69) is 25.7 Å². The summed E-state index contributed by atoms with van der Waals surface area (Å²) in [4.78, 5) is 0. The first kappa shape index (κ1) is 16.3. The first-order valence-corrected chi connectivity index (χ1v) is 10.7. The summed E-state index contributed by atoms with van der Waals surface area (Å²) in [6, 6.07) is 19.8. The van der Waals surface area contributed by atoms with Gasteiger partial charge in [-0.15, -0.1) is 0 Å². The van der Waals surface area contributed by atoms with E-state index in [9.17, 15) is 5.26 Å². The van der Waals surface area contributed by atoms with E-state index in [1.54, 1.807) is 0 Å². The van der Waals surface area contributed by atoms with E-state index in [1.807, 2.05) is 54.6 Å². The van der Waals surface area contributed by atoms with Gasteiger partial charge in [0.2, 0.25) is 0 Å². The van der Waals surface area contributed by atoms with E-state index in [1.165, 1.54) is 0 Å². The van der Waals surface area contributed by atoms with Crippen molar-refractivity contribution >= 4 is 8.32 Å². The highest BCUT2D eigenvalue weighted by Crippen LogP contribution is 2.30. The molecule has 0 heterocycles. The molecule has 0 radical (unpaired) electrons. The average molecular weight is 311 g/mol. The van der Waals surface area contributed by atoms with Gasteiger partial charge < -0.3 is 9.16 Å². The van der Waals surface area contributed by atoms with Crippen LogP contribution in [0.15, 0.2) is 54.6 Å². The van der Waals surface area contributed by atoms with Gasteiger partial charge in [0, 0.05) is 5.56 Å². The van der Waals surface area contributed by atoms with Crippen molar-refractivity contribution < 1.29 is 9.16 Å². The maximum atomic E-state index is 9.44. The van der Waals surface area contributed by atoms with Gasteiger partial charge in [-0.05, 0) is 31.3 Å². The Morgan fingerprint density at radius 3 is 2.27 bits per heavy atom. The van der Waals surface area contributed by atoms with Crippen molar-refractivity contribution in [3.8, 4) is 11.8 Å². The zero-order chi connectivity index (χ0) is 16.0. The van der Waals surface area contributed by atoms with Crippen LogP contribution in [0.3, 0.4) is 0 Å². The van der Waals surface area contributed by atoms with Crippen LogP contribution >= 0.6 is 0 Å². The molecule has 114 valence electrons. The summed E-state index contributed by atoms with van der Waals surface area (Å²) < 4.78 is 11.9. The van der Waals surface area contributed by atoms with E-state index in [4.69, 9.17) is 9.16 Å². The van der Waals surface area contributed by atoms with Crippen LogP contribution in [0.2, 0.25) is 19.6 Å². The van der Waals surface area contributed by atoms with Gasteiger partial charge in [0.1, 0.15) is 12.4 Å². The van der Waals surface area contributed by atoms with Gasteiger partial charge in [-0.25, -0.2) is 0 Å². The summed E-state index contributed by atoms with van der Waals surface area (Å²) in [6.45, 7) is 6.70. The van der Waals surface area contributed by atoms with Crippen molar-refractivity contribution in [2.45, 2.75) is 32.4 Å². The smallest absolute Gasteiger partial charge is 0.186 e. The SMILES string of the molecule is C[Si](C)(C)OC(C#N)c1ccccc1OCc1ccccc1. The summed E-state index contributed by atoms with van der Waals surface area (Å²) >= 11 is 0. The standard InChI is InChI=1S/C18H21NO2Si/c1-22(2,3)21-18(13-19)16-11-7-8-12-17(16)20-14-15-9-5-4-6-10-15/h4-12,18H,14H2,1-3H3. The molecule has 0 N–H and O–H groups in total. The van der Waals surface area contributed by atoms with Crippen molar-refractivity contribution in [3.05, 3.63) is 65.7 Å². The van der Waals surface area contributed by atoms with Crippen molar-refractivity contribution in [2.75, 3.05) is 0 Å². The molecule has 0 amide bonds. The molecule has 0 saturated heterocycles. The maximum Gasteiger partial charge on any atom is 0.186 e. The second kappa shape index (κ2) is 7.26. The zero-order valence-electron chi connectivity index (χ0n) is 13.2. The van der Waals surface area contributed by atoms with E-state index >= 15 is 0 Å². The number of rotatable bonds is 6. The Balaban J connectivity index is 2.17. The molecular weight excluding hydrogens is 290 g/mol. The first-order valence-electron chi connectivity index (χ1n) is 7.33. The van der Waals surface area contributed by atoms with Gasteiger partial charge >= 0.3 is 0 Å². The van der Waals surface area contributed by atoms with Crippen molar-refractivity contribution in [3.63, 3.8) is 0 Å². The minimum atomic E-state index is -1.81. The molecule has 2 rings (SSSR count). The second-order valence-corrected chi connectivity index (χ2v) is 10.5. The molecule has 3 nitrogen and oxygen atoms in total. The first-order chi connectivity index (χ1) is 10.5. The van der Waals surface area contributed by atoms with Crippen molar-refractivity contribution in [1.29, 1.82) is 5.26 Å². The molecule has 0 fully saturated rings. The Hall–Kier alpha value is -2.09. The monoisotopic (exact) mass is 311 g/mol. The van der Waals surface area contributed by atoms with Gasteiger partial charge in [-0.1, -0.05) is 48.5 Å². The van der Waals surface area contributed by atoms with Crippen LogP contribution in [-0.2, 0) is 11.0 Å². The highest BCUT2D eigenvalue weighted by molar-refractivity contribution is 6.69. The molecule has 0 aliphatic heterocycles. The third-order valence-corrected chi connectivity index (χ3v) is 3.97. The number of nitrogens with zero attached hydrogens (tertiary/aromatic N) is 1. The molecule has 4 heteroatoms. The Kier molecular flexibility index (Phi) is 5.37. The van der Waals surface area contributed by atoms with E-state index in [0.717, 1.165) is 11.1 Å². The summed E-state index contributed by atoms with van der Waals surface area (Å²) in [5, 5.41) is 9.44. The molecule has 1 unspecified atom stereocenters. The molecule has 2 aromatic carbocycles. The Morgan fingerprint density at radius 2 is 1.64 bits per heavy atom. The quantitative estimate of drug-likeness (QED) is 0.727. The average Bonchev–Trinajstić information content (AvgIpc) is 2.51. The Labute approximate surface area is 133 Å². The fourth-order valence-electron chi connectivity index (χ4n) is 2.08. The number of ether oxygens (including phenoxy) is 1. The van der Waals surface area contributed by atoms with Gasteiger partial charge in [-0.3, -0.25) is 0 Å². The molecule has 0 saturated carbocycles.